The molecule has 0 radical (unpaired) electrons. The molecule has 3 saturated heterocycles. The molecule has 3 rings (SSSR count). The van der Waals surface area contributed by atoms with Gasteiger partial charge >= 0.3 is 0 Å². The van der Waals surface area contributed by atoms with Crippen molar-refractivity contribution in [2.24, 2.45) is 11.8 Å². The van der Waals surface area contributed by atoms with Gasteiger partial charge in [0.2, 0.25) is 17.7 Å². The fourth-order valence-electron chi connectivity index (χ4n) is 6.60. The first-order valence-corrected chi connectivity index (χ1v) is 13.6. The standard InChI is InChI=1S/C28H45N3O5/c1-6-13-20(4)30(17-8-3)27(35)24-28-15-14-21(36-28)22(25(33)29(5)16-7-2)23(28)26(34)31(24)18-11-9-10-12-19-32/h7-8,20-24,32H,2-3,6,9-19H2,1,4-5H3/t20?,21-,22+,23-,24?,28?/m0/s1. The van der Waals surface area contributed by atoms with Gasteiger partial charge in [-0.25, -0.2) is 0 Å². The molecule has 3 aliphatic rings. The van der Waals surface area contributed by atoms with Crippen LogP contribution in [0.5, 0.6) is 0 Å². The number of amides is 3. The number of likely N-dealkylation sites (N-methyl/N-ethyl adjacent to an activating group) is 1. The number of nitrogens with zero attached hydrogens (tertiary/aromatic N) is 3. The van der Waals surface area contributed by atoms with Gasteiger partial charge < -0.3 is 24.5 Å². The van der Waals surface area contributed by atoms with Gasteiger partial charge in [-0.05, 0) is 39.0 Å². The monoisotopic (exact) mass is 503 g/mol. The van der Waals surface area contributed by atoms with Crippen molar-refractivity contribution in [1.29, 1.82) is 0 Å². The number of unbranched alkanes of at least 4 members (excludes halogenated alkanes) is 3. The normalized spacial score (nSPS) is 29.2. The van der Waals surface area contributed by atoms with E-state index in [0.717, 1.165) is 38.5 Å². The zero-order valence-corrected chi connectivity index (χ0v) is 22.4. The number of ether oxygens (including phenoxy) is 1. The molecule has 6 atom stereocenters. The Labute approximate surface area is 216 Å². The van der Waals surface area contributed by atoms with Crippen molar-refractivity contribution in [1.82, 2.24) is 14.7 Å². The van der Waals surface area contributed by atoms with Gasteiger partial charge in [0, 0.05) is 39.3 Å². The average Bonchev–Trinajstić information content (AvgIpc) is 3.49. The van der Waals surface area contributed by atoms with Crippen LogP contribution in [0, 0.1) is 11.8 Å². The summed E-state index contributed by atoms with van der Waals surface area (Å²) in [5, 5.41) is 9.10. The van der Waals surface area contributed by atoms with E-state index < -0.39 is 23.5 Å². The van der Waals surface area contributed by atoms with Gasteiger partial charge in [0.05, 0.1) is 17.9 Å². The van der Waals surface area contributed by atoms with E-state index in [4.69, 9.17) is 9.84 Å². The van der Waals surface area contributed by atoms with E-state index >= 15 is 0 Å². The molecule has 202 valence electrons. The molecule has 2 bridgehead atoms. The maximum Gasteiger partial charge on any atom is 0.248 e. The Morgan fingerprint density at radius 3 is 2.53 bits per heavy atom. The lowest BCUT2D eigenvalue weighted by Gasteiger charge is -2.39. The first-order valence-electron chi connectivity index (χ1n) is 13.6. The molecule has 0 aromatic carbocycles. The first kappa shape index (κ1) is 28.4. The second-order valence-electron chi connectivity index (χ2n) is 10.6. The van der Waals surface area contributed by atoms with Crippen LogP contribution < -0.4 is 0 Å². The van der Waals surface area contributed by atoms with E-state index in [1.807, 2.05) is 11.8 Å². The van der Waals surface area contributed by atoms with Crippen LogP contribution in [-0.2, 0) is 19.1 Å². The third-order valence-electron chi connectivity index (χ3n) is 8.25. The maximum atomic E-state index is 14.2. The Hall–Kier alpha value is -2.19. The molecule has 3 heterocycles. The van der Waals surface area contributed by atoms with Crippen LogP contribution in [0.4, 0.5) is 0 Å². The molecule has 0 aliphatic carbocycles. The Morgan fingerprint density at radius 2 is 1.89 bits per heavy atom. The lowest BCUT2D eigenvalue weighted by molar-refractivity contribution is -0.150. The summed E-state index contributed by atoms with van der Waals surface area (Å²) in [6.07, 6.45) is 9.32. The molecule has 3 fully saturated rings. The van der Waals surface area contributed by atoms with Gasteiger partial charge in [0.25, 0.3) is 0 Å². The number of aliphatic hydroxyl groups excluding tert-OH is 1. The summed E-state index contributed by atoms with van der Waals surface area (Å²) in [6.45, 7) is 13.1. The Balaban J connectivity index is 1.96. The molecule has 3 unspecified atom stereocenters. The summed E-state index contributed by atoms with van der Waals surface area (Å²) in [7, 11) is 1.72. The van der Waals surface area contributed by atoms with Crippen molar-refractivity contribution in [2.45, 2.75) is 89.0 Å². The van der Waals surface area contributed by atoms with Crippen LogP contribution in [0.15, 0.2) is 25.3 Å². The largest absolute Gasteiger partial charge is 0.396 e. The number of fused-ring (bicyclic) bond motifs is 1. The fourth-order valence-corrected chi connectivity index (χ4v) is 6.60. The van der Waals surface area contributed by atoms with E-state index in [2.05, 4.69) is 20.1 Å². The number of hydrogen-bond donors (Lipinski definition) is 1. The highest BCUT2D eigenvalue weighted by molar-refractivity contribution is 5.99. The summed E-state index contributed by atoms with van der Waals surface area (Å²) in [6, 6.07) is -0.730. The van der Waals surface area contributed by atoms with Gasteiger partial charge in [-0.3, -0.25) is 14.4 Å². The third-order valence-corrected chi connectivity index (χ3v) is 8.25. The minimum atomic E-state index is -0.968. The van der Waals surface area contributed by atoms with Crippen LogP contribution in [-0.4, -0.2) is 94.6 Å². The number of hydrogen-bond acceptors (Lipinski definition) is 5. The van der Waals surface area contributed by atoms with Gasteiger partial charge in [-0.15, -0.1) is 13.2 Å². The van der Waals surface area contributed by atoms with E-state index in [1.54, 1.807) is 29.0 Å². The predicted molar refractivity (Wildman–Crippen MR) is 139 cm³/mol. The van der Waals surface area contributed by atoms with E-state index in [0.29, 0.717) is 32.5 Å². The van der Waals surface area contributed by atoms with Crippen molar-refractivity contribution in [3.63, 3.8) is 0 Å². The number of carbonyl (C=O) groups excluding carboxylic acids is 3. The highest BCUT2D eigenvalue weighted by Gasteiger charge is 2.74. The van der Waals surface area contributed by atoms with Gasteiger partial charge in [0.1, 0.15) is 11.6 Å². The lowest BCUT2D eigenvalue weighted by atomic mass is 9.70. The second kappa shape index (κ2) is 12.4. The van der Waals surface area contributed by atoms with Crippen LogP contribution in [0.3, 0.4) is 0 Å². The van der Waals surface area contributed by atoms with Crippen molar-refractivity contribution in [2.75, 3.05) is 33.3 Å². The molecule has 8 heteroatoms. The van der Waals surface area contributed by atoms with Crippen LogP contribution in [0.25, 0.3) is 0 Å². The molecule has 1 spiro atoms. The SMILES string of the molecule is C=CCN(C)C(=O)[C@@H]1[C@@H]2CCC3(O2)C(C(=O)N(CC=C)C(C)CCC)N(CCCCCCO)C(=O)[C@H]13. The zero-order valence-electron chi connectivity index (χ0n) is 22.4. The Kier molecular flexibility index (Phi) is 9.75. The van der Waals surface area contributed by atoms with Crippen molar-refractivity contribution >= 4 is 17.7 Å². The molecule has 0 saturated carbocycles. The highest BCUT2D eigenvalue weighted by atomic mass is 16.5. The minimum absolute atomic E-state index is 0.00668. The maximum absolute atomic E-state index is 14.2. The van der Waals surface area contributed by atoms with E-state index in [1.165, 1.54) is 0 Å². The predicted octanol–water partition coefficient (Wildman–Crippen LogP) is 2.76. The summed E-state index contributed by atoms with van der Waals surface area (Å²) in [5.74, 6) is -1.57. The van der Waals surface area contributed by atoms with Crippen LogP contribution in [0.1, 0.15) is 65.2 Å². The molecule has 1 N–H and O–H groups in total. The first-order chi connectivity index (χ1) is 17.3. The molecular formula is C28H45N3O5. The van der Waals surface area contributed by atoms with Crippen molar-refractivity contribution in [3.05, 3.63) is 25.3 Å². The highest BCUT2D eigenvalue weighted by Crippen LogP contribution is 2.59. The van der Waals surface area contributed by atoms with Crippen LogP contribution >= 0.6 is 0 Å². The van der Waals surface area contributed by atoms with Gasteiger partial charge in [0.15, 0.2) is 0 Å². The minimum Gasteiger partial charge on any atom is -0.396 e. The van der Waals surface area contributed by atoms with Crippen molar-refractivity contribution < 1.29 is 24.2 Å². The van der Waals surface area contributed by atoms with Gasteiger partial charge in [-0.2, -0.15) is 0 Å². The summed E-state index contributed by atoms with van der Waals surface area (Å²) in [5.41, 5.74) is -0.968. The molecule has 8 nitrogen and oxygen atoms in total. The van der Waals surface area contributed by atoms with E-state index in [9.17, 15) is 14.4 Å². The second-order valence-corrected chi connectivity index (χ2v) is 10.6. The summed E-state index contributed by atoms with van der Waals surface area (Å²) in [4.78, 5) is 46.8. The smallest absolute Gasteiger partial charge is 0.248 e. The molecule has 3 amide bonds. The Bertz CT molecular complexity index is 832. The van der Waals surface area contributed by atoms with Crippen molar-refractivity contribution in [3.8, 4) is 0 Å². The molecule has 0 aromatic heterocycles. The summed E-state index contributed by atoms with van der Waals surface area (Å²) >= 11 is 0. The zero-order chi connectivity index (χ0) is 26.5. The molecular weight excluding hydrogens is 458 g/mol. The number of aliphatic hydroxyl groups is 1. The Morgan fingerprint density at radius 1 is 1.19 bits per heavy atom. The van der Waals surface area contributed by atoms with Gasteiger partial charge in [-0.1, -0.05) is 38.3 Å². The number of rotatable bonds is 15. The van der Waals surface area contributed by atoms with E-state index in [-0.39, 0.29) is 36.5 Å². The summed E-state index contributed by atoms with van der Waals surface area (Å²) < 4.78 is 6.55. The average molecular weight is 504 g/mol. The topological polar surface area (TPSA) is 90.4 Å². The molecule has 3 aliphatic heterocycles. The lowest BCUT2D eigenvalue weighted by Crippen LogP contribution is -2.58. The number of carbonyl (C=O) groups is 3. The molecule has 0 aromatic rings. The molecule has 36 heavy (non-hydrogen) atoms. The third kappa shape index (κ3) is 5.12. The fraction of sp³-hybridized carbons (Fsp3) is 0.750. The number of likely N-dealkylation sites (tertiary alicyclic amines) is 1. The van der Waals surface area contributed by atoms with Crippen LogP contribution in [0.2, 0.25) is 0 Å². The quantitative estimate of drug-likeness (QED) is 0.274.